The van der Waals surface area contributed by atoms with E-state index in [-0.39, 0.29) is 0 Å². The van der Waals surface area contributed by atoms with Crippen molar-refractivity contribution in [2.24, 2.45) is 0 Å². The first-order chi connectivity index (χ1) is 7.63. The van der Waals surface area contributed by atoms with Crippen LogP contribution in [0.2, 0.25) is 5.02 Å². The zero-order valence-electron chi connectivity index (χ0n) is 9.78. The van der Waals surface area contributed by atoms with Gasteiger partial charge in [-0.25, -0.2) is 4.98 Å². The summed E-state index contributed by atoms with van der Waals surface area (Å²) in [5.74, 6) is 0.882. The third-order valence-electron chi connectivity index (χ3n) is 3.34. The Kier molecular flexibility index (Phi) is 3.24. The first-order valence-corrected chi connectivity index (χ1v) is 6.20. The first-order valence-electron chi connectivity index (χ1n) is 5.82. The molecular weight excluding hydrogens is 222 g/mol. The maximum atomic E-state index is 6.21. The first kappa shape index (κ1) is 11.5. The predicted octanol–water partition coefficient (Wildman–Crippen LogP) is 3.08. The second-order valence-corrected chi connectivity index (χ2v) is 4.88. The lowest BCUT2D eigenvalue weighted by Gasteiger charge is -2.29. The van der Waals surface area contributed by atoms with Gasteiger partial charge < -0.3 is 10.6 Å². The number of rotatable bonds is 2. The third kappa shape index (κ3) is 1.96. The van der Waals surface area contributed by atoms with Crippen molar-refractivity contribution in [1.29, 1.82) is 0 Å². The molecule has 16 heavy (non-hydrogen) atoms. The van der Waals surface area contributed by atoms with Gasteiger partial charge in [0.15, 0.2) is 0 Å². The molecule has 3 nitrogen and oxygen atoms in total. The van der Waals surface area contributed by atoms with Crippen LogP contribution in [0.5, 0.6) is 0 Å². The van der Waals surface area contributed by atoms with Gasteiger partial charge in [0.05, 0.1) is 16.9 Å². The second kappa shape index (κ2) is 4.50. The van der Waals surface area contributed by atoms with Gasteiger partial charge in [0.1, 0.15) is 5.82 Å². The molecule has 0 aliphatic carbocycles. The maximum Gasteiger partial charge on any atom is 0.147 e. The van der Waals surface area contributed by atoms with Crippen LogP contribution in [0.25, 0.3) is 0 Å². The molecule has 0 bridgehead atoms. The van der Waals surface area contributed by atoms with E-state index in [2.05, 4.69) is 23.7 Å². The fourth-order valence-electron chi connectivity index (χ4n) is 2.49. The standard InChI is InChI=1S/C12H18ClN3/c1-3-10-5-4-8(2)16(10)12-11(13)6-9(14)7-15-12/h6-8,10H,3-5,14H2,1-2H3. The molecule has 1 saturated heterocycles. The average Bonchev–Trinajstić information content (AvgIpc) is 2.60. The fraction of sp³-hybridized carbons (Fsp3) is 0.583. The van der Waals surface area contributed by atoms with Crippen molar-refractivity contribution in [3.05, 3.63) is 17.3 Å². The molecule has 2 heterocycles. The molecule has 1 aromatic heterocycles. The third-order valence-corrected chi connectivity index (χ3v) is 3.62. The van der Waals surface area contributed by atoms with Crippen molar-refractivity contribution in [2.45, 2.75) is 45.2 Å². The second-order valence-electron chi connectivity index (χ2n) is 4.47. The molecule has 1 aliphatic rings. The van der Waals surface area contributed by atoms with Crippen molar-refractivity contribution >= 4 is 23.1 Å². The predicted molar refractivity (Wildman–Crippen MR) is 68.9 cm³/mol. The summed E-state index contributed by atoms with van der Waals surface area (Å²) in [7, 11) is 0. The minimum Gasteiger partial charge on any atom is -0.397 e. The molecule has 2 rings (SSSR count). The Morgan fingerprint density at radius 3 is 2.94 bits per heavy atom. The van der Waals surface area contributed by atoms with Crippen LogP contribution in [-0.4, -0.2) is 17.1 Å². The van der Waals surface area contributed by atoms with Gasteiger partial charge in [0.25, 0.3) is 0 Å². The van der Waals surface area contributed by atoms with E-state index in [0.717, 1.165) is 12.2 Å². The highest BCUT2D eigenvalue weighted by molar-refractivity contribution is 6.33. The van der Waals surface area contributed by atoms with Gasteiger partial charge in [-0.2, -0.15) is 0 Å². The van der Waals surface area contributed by atoms with E-state index in [0.29, 0.717) is 22.8 Å². The number of halogens is 1. The van der Waals surface area contributed by atoms with Crippen LogP contribution in [0.4, 0.5) is 11.5 Å². The molecule has 0 aromatic carbocycles. The Hall–Kier alpha value is -0.960. The van der Waals surface area contributed by atoms with E-state index in [1.54, 1.807) is 12.3 Å². The molecule has 1 fully saturated rings. The van der Waals surface area contributed by atoms with Gasteiger partial charge in [-0.3, -0.25) is 0 Å². The Labute approximate surface area is 102 Å². The van der Waals surface area contributed by atoms with Crippen LogP contribution >= 0.6 is 11.6 Å². The normalized spacial score (nSPS) is 25.1. The molecule has 4 heteroatoms. The van der Waals surface area contributed by atoms with E-state index in [1.165, 1.54) is 12.8 Å². The van der Waals surface area contributed by atoms with Crippen molar-refractivity contribution in [3.8, 4) is 0 Å². The Balaban J connectivity index is 2.34. The number of hydrogen-bond acceptors (Lipinski definition) is 3. The van der Waals surface area contributed by atoms with Crippen LogP contribution in [-0.2, 0) is 0 Å². The monoisotopic (exact) mass is 239 g/mol. The summed E-state index contributed by atoms with van der Waals surface area (Å²) < 4.78 is 0. The number of pyridine rings is 1. The minimum absolute atomic E-state index is 0.513. The lowest BCUT2D eigenvalue weighted by Crippen LogP contribution is -2.35. The number of anilines is 2. The van der Waals surface area contributed by atoms with E-state index < -0.39 is 0 Å². The van der Waals surface area contributed by atoms with Crippen molar-refractivity contribution in [2.75, 3.05) is 10.6 Å². The van der Waals surface area contributed by atoms with Crippen LogP contribution < -0.4 is 10.6 Å². The zero-order chi connectivity index (χ0) is 11.7. The van der Waals surface area contributed by atoms with Gasteiger partial charge in [-0.05, 0) is 32.3 Å². The summed E-state index contributed by atoms with van der Waals surface area (Å²) in [4.78, 5) is 6.71. The van der Waals surface area contributed by atoms with Crippen LogP contribution in [0.3, 0.4) is 0 Å². The molecule has 2 N–H and O–H groups in total. The molecule has 0 saturated carbocycles. The van der Waals surface area contributed by atoms with Crippen molar-refractivity contribution in [1.82, 2.24) is 4.98 Å². The zero-order valence-corrected chi connectivity index (χ0v) is 10.5. The van der Waals surface area contributed by atoms with Gasteiger partial charge >= 0.3 is 0 Å². The molecule has 1 aromatic rings. The maximum absolute atomic E-state index is 6.21. The largest absolute Gasteiger partial charge is 0.397 e. The average molecular weight is 240 g/mol. The van der Waals surface area contributed by atoms with Gasteiger partial charge in [-0.15, -0.1) is 0 Å². The van der Waals surface area contributed by atoms with Gasteiger partial charge in [0.2, 0.25) is 0 Å². The van der Waals surface area contributed by atoms with Crippen LogP contribution in [0, 0.1) is 0 Å². The summed E-state index contributed by atoms with van der Waals surface area (Å²) in [6.07, 6.45) is 5.24. The highest BCUT2D eigenvalue weighted by Crippen LogP contribution is 2.35. The quantitative estimate of drug-likeness (QED) is 0.863. The summed E-state index contributed by atoms with van der Waals surface area (Å²) in [5, 5.41) is 0.659. The smallest absolute Gasteiger partial charge is 0.147 e. The Morgan fingerprint density at radius 1 is 1.56 bits per heavy atom. The number of nitrogen functional groups attached to an aromatic ring is 1. The molecular formula is C12H18ClN3. The number of nitrogens with zero attached hydrogens (tertiary/aromatic N) is 2. The van der Waals surface area contributed by atoms with Crippen LogP contribution in [0.1, 0.15) is 33.1 Å². The molecule has 2 unspecified atom stereocenters. The van der Waals surface area contributed by atoms with Gasteiger partial charge in [0, 0.05) is 12.1 Å². The number of hydrogen-bond donors (Lipinski definition) is 1. The Bertz CT molecular complexity index is 381. The van der Waals surface area contributed by atoms with Crippen molar-refractivity contribution in [3.63, 3.8) is 0 Å². The molecule has 0 radical (unpaired) electrons. The summed E-state index contributed by atoms with van der Waals surface area (Å²) in [6, 6.07) is 2.85. The van der Waals surface area contributed by atoms with E-state index in [4.69, 9.17) is 17.3 Å². The number of nitrogens with two attached hydrogens (primary N) is 1. The highest BCUT2D eigenvalue weighted by Gasteiger charge is 2.31. The summed E-state index contributed by atoms with van der Waals surface area (Å²) in [5.41, 5.74) is 6.28. The topological polar surface area (TPSA) is 42.2 Å². The van der Waals surface area contributed by atoms with Crippen molar-refractivity contribution < 1.29 is 0 Å². The molecule has 1 aliphatic heterocycles. The number of aromatic nitrogens is 1. The van der Waals surface area contributed by atoms with E-state index in [9.17, 15) is 0 Å². The fourth-order valence-corrected chi connectivity index (χ4v) is 2.76. The molecule has 88 valence electrons. The lowest BCUT2D eigenvalue weighted by atomic mass is 10.1. The summed E-state index contributed by atoms with van der Waals surface area (Å²) in [6.45, 7) is 4.44. The van der Waals surface area contributed by atoms with Gasteiger partial charge in [-0.1, -0.05) is 18.5 Å². The molecule has 2 atom stereocenters. The Morgan fingerprint density at radius 2 is 2.31 bits per heavy atom. The van der Waals surface area contributed by atoms with E-state index >= 15 is 0 Å². The molecule has 0 spiro atoms. The molecule has 0 amide bonds. The van der Waals surface area contributed by atoms with Crippen LogP contribution in [0.15, 0.2) is 12.3 Å². The van der Waals surface area contributed by atoms with E-state index in [1.807, 2.05) is 0 Å². The summed E-state index contributed by atoms with van der Waals surface area (Å²) >= 11 is 6.21. The minimum atomic E-state index is 0.513. The SMILES string of the molecule is CCC1CCC(C)N1c1ncc(N)cc1Cl. The lowest BCUT2D eigenvalue weighted by molar-refractivity contribution is 0.621. The highest BCUT2D eigenvalue weighted by atomic mass is 35.5.